The summed E-state index contributed by atoms with van der Waals surface area (Å²) in [6.45, 7) is 5.50. The quantitative estimate of drug-likeness (QED) is 0.634. The number of fused-ring (bicyclic) bond motifs is 1. The molecule has 1 unspecified atom stereocenters. The molecule has 1 aliphatic carbocycles. The van der Waals surface area contributed by atoms with Crippen LogP contribution in [0.2, 0.25) is 0 Å². The van der Waals surface area contributed by atoms with Crippen molar-refractivity contribution in [2.24, 2.45) is 11.8 Å². The summed E-state index contributed by atoms with van der Waals surface area (Å²) < 4.78 is 17.8. The number of benzene rings is 2. The van der Waals surface area contributed by atoms with Crippen molar-refractivity contribution in [1.29, 1.82) is 0 Å². The Bertz CT molecular complexity index is 881. The lowest BCUT2D eigenvalue weighted by Crippen LogP contribution is -2.20. The fourth-order valence-electron chi connectivity index (χ4n) is 4.12. The minimum Gasteiger partial charge on any atom is -0.507 e. The Morgan fingerprint density at radius 1 is 1.07 bits per heavy atom. The van der Waals surface area contributed by atoms with E-state index in [1.807, 2.05) is 24.3 Å². The highest BCUT2D eigenvalue weighted by Gasteiger charge is 2.31. The SMILES string of the molecule is CC(C)COc1ccc(C2CC(=O)c3c(O)cc(OCC4CCCC4)cc3O2)cc1. The summed E-state index contributed by atoms with van der Waals surface area (Å²) in [7, 11) is 0. The highest BCUT2D eigenvalue weighted by atomic mass is 16.5. The molecule has 4 rings (SSSR count). The summed E-state index contributed by atoms with van der Waals surface area (Å²) >= 11 is 0. The molecule has 5 heteroatoms. The van der Waals surface area contributed by atoms with Crippen molar-refractivity contribution in [2.75, 3.05) is 13.2 Å². The third-order valence-corrected chi connectivity index (χ3v) is 5.77. The maximum atomic E-state index is 12.7. The molecule has 0 spiro atoms. The zero-order valence-corrected chi connectivity index (χ0v) is 17.7. The van der Waals surface area contributed by atoms with Gasteiger partial charge in [0.15, 0.2) is 5.78 Å². The van der Waals surface area contributed by atoms with Crippen molar-refractivity contribution >= 4 is 5.78 Å². The Labute approximate surface area is 178 Å². The van der Waals surface area contributed by atoms with E-state index in [0.29, 0.717) is 36.5 Å². The van der Waals surface area contributed by atoms with E-state index >= 15 is 0 Å². The standard InChI is InChI=1S/C25H30O5/c1-16(2)14-28-19-9-7-18(8-10-19)23-13-22(27)25-21(26)11-20(12-24(25)30-23)29-15-17-5-3-4-6-17/h7-12,16-17,23,26H,3-6,13-15H2,1-2H3. The molecule has 0 amide bonds. The second kappa shape index (κ2) is 8.99. The number of ether oxygens (including phenoxy) is 3. The first-order chi connectivity index (χ1) is 14.5. The van der Waals surface area contributed by atoms with Crippen molar-refractivity contribution in [3.63, 3.8) is 0 Å². The highest BCUT2D eigenvalue weighted by molar-refractivity contribution is 6.02. The third-order valence-electron chi connectivity index (χ3n) is 5.77. The van der Waals surface area contributed by atoms with Crippen LogP contribution in [-0.2, 0) is 0 Å². The lowest BCUT2D eigenvalue weighted by atomic mass is 9.95. The molecular weight excluding hydrogens is 380 g/mol. The van der Waals surface area contributed by atoms with Crippen LogP contribution >= 0.6 is 0 Å². The predicted octanol–water partition coefficient (Wildman–Crippen LogP) is 5.70. The highest BCUT2D eigenvalue weighted by Crippen LogP contribution is 2.42. The van der Waals surface area contributed by atoms with Crippen LogP contribution in [0.3, 0.4) is 0 Å². The van der Waals surface area contributed by atoms with Crippen molar-refractivity contribution in [1.82, 2.24) is 0 Å². The van der Waals surface area contributed by atoms with Crippen molar-refractivity contribution < 1.29 is 24.1 Å². The molecule has 1 heterocycles. The van der Waals surface area contributed by atoms with Gasteiger partial charge in [0.25, 0.3) is 0 Å². The average molecular weight is 411 g/mol. The number of rotatable bonds is 7. The number of aromatic hydroxyl groups is 1. The molecule has 0 radical (unpaired) electrons. The van der Waals surface area contributed by atoms with Gasteiger partial charge in [0.1, 0.15) is 34.7 Å². The number of Topliss-reactive ketones (excluding diaryl/α,β-unsaturated/α-hetero) is 1. The van der Waals surface area contributed by atoms with Gasteiger partial charge in [-0.2, -0.15) is 0 Å². The summed E-state index contributed by atoms with van der Waals surface area (Å²) in [5.74, 6) is 2.56. The molecule has 160 valence electrons. The first kappa shape index (κ1) is 20.6. The molecule has 30 heavy (non-hydrogen) atoms. The third kappa shape index (κ3) is 4.72. The van der Waals surface area contributed by atoms with Gasteiger partial charge >= 0.3 is 0 Å². The molecule has 1 N–H and O–H groups in total. The Morgan fingerprint density at radius 2 is 1.80 bits per heavy atom. The molecule has 2 aromatic rings. The van der Waals surface area contributed by atoms with Gasteiger partial charge < -0.3 is 19.3 Å². The largest absolute Gasteiger partial charge is 0.507 e. The molecule has 1 aliphatic heterocycles. The lowest BCUT2D eigenvalue weighted by molar-refractivity contribution is 0.0844. The topological polar surface area (TPSA) is 65.0 Å². The normalized spacial score (nSPS) is 18.9. The van der Waals surface area contributed by atoms with Gasteiger partial charge in [0, 0.05) is 12.1 Å². The fourth-order valence-corrected chi connectivity index (χ4v) is 4.12. The van der Waals surface area contributed by atoms with E-state index in [0.717, 1.165) is 11.3 Å². The first-order valence-electron chi connectivity index (χ1n) is 10.9. The Balaban J connectivity index is 1.48. The van der Waals surface area contributed by atoms with E-state index in [1.54, 1.807) is 6.07 Å². The molecule has 5 nitrogen and oxygen atoms in total. The van der Waals surface area contributed by atoms with Crippen LogP contribution in [0.5, 0.6) is 23.0 Å². The Kier molecular flexibility index (Phi) is 6.16. The maximum absolute atomic E-state index is 12.7. The summed E-state index contributed by atoms with van der Waals surface area (Å²) in [5.41, 5.74) is 1.15. The van der Waals surface area contributed by atoms with Gasteiger partial charge in [-0.3, -0.25) is 4.79 Å². The van der Waals surface area contributed by atoms with E-state index in [1.165, 1.54) is 31.7 Å². The second-order valence-electron chi connectivity index (χ2n) is 8.78. The number of carbonyl (C=O) groups is 1. The van der Waals surface area contributed by atoms with Gasteiger partial charge in [-0.25, -0.2) is 0 Å². The molecule has 0 aromatic heterocycles. The molecule has 2 aliphatic rings. The number of hydrogen-bond donors (Lipinski definition) is 1. The van der Waals surface area contributed by atoms with Crippen LogP contribution in [0.4, 0.5) is 0 Å². The van der Waals surface area contributed by atoms with Gasteiger partial charge in [0.05, 0.1) is 19.6 Å². The van der Waals surface area contributed by atoms with Crippen LogP contribution in [-0.4, -0.2) is 24.1 Å². The second-order valence-corrected chi connectivity index (χ2v) is 8.78. The number of phenols is 1. The van der Waals surface area contributed by atoms with Crippen LogP contribution in [0.25, 0.3) is 0 Å². The van der Waals surface area contributed by atoms with Crippen molar-refractivity contribution in [3.05, 3.63) is 47.5 Å². The number of carbonyl (C=O) groups excluding carboxylic acids is 1. The predicted molar refractivity (Wildman–Crippen MR) is 115 cm³/mol. The van der Waals surface area contributed by atoms with Crippen molar-refractivity contribution in [2.45, 2.75) is 52.1 Å². The maximum Gasteiger partial charge on any atom is 0.174 e. The summed E-state index contributed by atoms with van der Waals surface area (Å²) in [6, 6.07) is 10.9. The van der Waals surface area contributed by atoms with Gasteiger partial charge in [-0.05, 0) is 42.4 Å². The monoisotopic (exact) mass is 410 g/mol. The van der Waals surface area contributed by atoms with Crippen LogP contribution in [0.15, 0.2) is 36.4 Å². The Morgan fingerprint density at radius 3 is 2.50 bits per heavy atom. The van der Waals surface area contributed by atoms with E-state index in [9.17, 15) is 9.90 Å². The molecule has 1 fully saturated rings. The van der Waals surface area contributed by atoms with E-state index in [-0.39, 0.29) is 23.5 Å². The zero-order chi connectivity index (χ0) is 21.1. The smallest absolute Gasteiger partial charge is 0.174 e. The minimum atomic E-state index is -0.395. The number of hydrogen-bond acceptors (Lipinski definition) is 5. The Hall–Kier alpha value is -2.69. The lowest BCUT2D eigenvalue weighted by Gasteiger charge is -2.27. The van der Waals surface area contributed by atoms with Crippen LogP contribution < -0.4 is 14.2 Å². The van der Waals surface area contributed by atoms with Crippen LogP contribution in [0.1, 0.15) is 68.0 Å². The fraction of sp³-hybridized carbons (Fsp3) is 0.480. The molecular formula is C25H30O5. The average Bonchev–Trinajstić information content (AvgIpc) is 3.24. The zero-order valence-electron chi connectivity index (χ0n) is 17.7. The minimum absolute atomic E-state index is 0.0743. The molecule has 2 aromatic carbocycles. The van der Waals surface area contributed by atoms with E-state index < -0.39 is 6.10 Å². The molecule has 1 saturated carbocycles. The van der Waals surface area contributed by atoms with Gasteiger partial charge in [-0.15, -0.1) is 0 Å². The van der Waals surface area contributed by atoms with E-state index in [4.69, 9.17) is 14.2 Å². The van der Waals surface area contributed by atoms with Crippen molar-refractivity contribution in [3.8, 4) is 23.0 Å². The van der Waals surface area contributed by atoms with Gasteiger partial charge in [-0.1, -0.05) is 38.8 Å². The van der Waals surface area contributed by atoms with Gasteiger partial charge in [0.2, 0.25) is 0 Å². The number of ketones is 1. The molecule has 1 atom stereocenters. The van der Waals surface area contributed by atoms with E-state index in [2.05, 4.69) is 13.8 Å². The first-order valence-corrected chi connectivity index (χ1v) is 10.9. The van der Waals surface area contributed by atoms with Crippen LogP contribution in [0, 0.1) is 11.8 Å². The molecule has 0 saturated heterocycles. The number of phenolic OH excluding ortho intramolecular Hbond substituents is 1. The summed E-state index contributed by atoms with van der Waals surface area (Å²) in [5, 5.41) is 10.4. The molecule has 0 bridgehead atoms. The summed E-state index contributed by atoms with van der Waals surface area (Å²) in [6.07, 6.45) is 4.67. The summed E-state index contributed by atoms with van der Waals surface area (Å²) in [4.78, 5) is 12.7.